The maximum atomic E-state index is 12.2. The summed E-state index contributed by atoms with van der Waals surface area (Å²) < 4.78 is 0. The Kier molecular flexibility index (Phi) is 6.70. The Morgan fingerprint density at radius 3 is 2.61 bits per heavy atom. The summed E-state index contributed by atoms with van der Waals surface area (Å²) in [6, 6.07) is 21.4. The predicted octanol–water partition coefficient (Wildman–Crippen LogP) is 6.56. The lowest BCUT2D eigenvalue weighted by molar-refractivity contribution is -0.113. The zero-order valence-corrected chi connectivity index (χ0v) is 19.3. The van der Waals surface area contributed by atoms with Gasteiger partial charge < -0.3 is 4.79 Å². The number of likely N-dealkylation sites (tertiary alicyclic amines) is 1. The molecule has 5 heteroatoms. The van der Waals surface area contributed by atoms with Crippen LogP contribution in [-0.4, -0.2) is 27.2 Å². The van der Waals surface area contributed by atoms with E-state index in [1.54, 1.807) is 11.3 Å². The maximum absolute atomic E-state index is 12.2. The first-order chi connectivity index (χ1) is 16.3. The molecular weight excluding hydrogens is 426 g/mol. The van der Waals surface area contributed by atoms with Crippen LogP contribution in [0.2, 0.25) is 0 Å². The summed E-state index contributed by atoms with van der Waals surface area (Å²) in [6.45, 7) is 0.734. The van der Waals surface area contributed by atoms with E-state index in [1.165, 1.54) is 22.3 Å². The van der Waals surface area contributed by atoms with Gasteiger partial charge in [-0.1, -0.05) is 55.3 Å². The van der Waals surface area contributed by atoms with E-state index in [-0.39, 0.29) is 12.1 Å². The largest absolute Gasteiger partial charge is 0.302 e. The van der Waals surface area contributed by atoms with Gasteiger partial charge in [0, 0.05) is 42.1 Å². The normalized spacial score (nSPS) is 19.2. The number of carbonyl (C=O) groups excluding carboxylic acids is 1. The third-order valence-electron chi connectivity index (χ3n) is 6.49. The van der Waals surface area contributed by atoms with Gasteiger partial charge in [-0.15, -0.1) is 11.3 Å². The van der Waals surface area contributed by atoms with Crippen LogP contribution in [0, 0.1) is 0 Å². The zero-order valence-electron chi connectivity index (χ0n) is 18.5. The number of aromatic nitrogens is 2. The molecule has 166 valence electrons. The molecule has 0 bridgehead atoms. The molecule has 0 saturated carbocycles. The molecule has 5 rings (SSSR count). The summed E-state index contributed by atoms with van der Waals surface area (Å²) in [7, 11) is 0. The van der Waals surface area contributed by atoms with Gasteiger partial charge in [0.1, 0.15) is 11.3 Å². The lowest BCUT2D eigenvalue weighted by Gasteiger charge is -2.35. The Hall–Kier alpha value is -3.15. The van der Waals surface area contributed by atoms with Gasteiger partial charge in [-0.3, -0.25) is 9.88 Å². The van der Waals surface area contributed by atoms with E-state index in [9.17, 15) is 4.79 Å². The zero-order chi connectivity index (χ0) is 22.5. The molecule has 1 saturated heterocycles. The van der Waals surface area contributed by atoms with Gasteiger partial charge in [-0.2, -0.15) is 0 Å². The van der Waals surface area contributed by atoms with Crippen molar-refractivity contribution in [1.29, 1.82) is 0 Å². The van der Waals surface area contributed by atoms with Crippen molar-refractivity contribution >= 4 is 17.6 Å². The Morgan fingerprint density at radius 2 is 1.79 bits per heavy atom. The van der Waals surface area contributed by atoms with Crippen molar-refractivity contribution in [2.75, 3.05) is 0 Å². The quantitative estimate of drug-likeness (QED) is 0.310. The molecule has 0 amide bonds. The molecule has 2 atom stereocenters. The van der Waals surface area contributed by atoms with E-state index in [0.717, 1.165) is 49.1 Å². The number of aldehydes is 1. The van der Waals surface area contributed by atoms with E-state index < -0.39 is 0 Å². The van der Waals surface area contributed by atoms with E-state index in [1.807, 2.05) is 24.0 Å². The molecule has 0 N–H and O–H groups in total. The highest BCUT2D eigenvalue weighted by Crippen LogP contribution is 2.39. The average molecular weight is 454 g/mol. The van der Waals surface area contributed by atoms with Crippen LogP contribution < -0.4 is 0 Å². The van der Waals surface area contributed by atoms with Crippen LogP contribution >= 0.6 is 11.3 Å². The minimum absolute atomic E-state index is 0.0912. The summed E-state index contributed by atoms with van der Waals surface area (Å²) in [4.78, 5) is 23.3. The number of benzene rings is 2. The van der Waals surface area contributed by atoms with Gasteiger partial charge in [-0.05, 0) is 53.3 Å². The van der Waals surface area contributed by atoms with E-state index in [2.05, 4.69) is 75.5 Å². The lowest BCUT2D eigenvalue weighted by Crippen LogP contribution is -2.38. The number of carbonyl (C=O) groups is 1. The van der Waals surface area contributed by atoms with Crippen molar-refractivity contribution in [3.05, 3.63) is 95.8 Å². The van der Waals surface area contributed by atoms with Crippen molar-refractivity contribution in [2.45, 2.75) is 44.3 Å². The minimum Gasteiger partial charge on any atom is -0.302 e. The highest BCUT2D eigenvalue weighted by atomic mass is 32.1. The van der Waals surface area contributed by atoms with E-state index in [0.29, 0.717) is 0 Å². The second kappa shape index (κ2) is 10.2. The van der Waals surface area contributed by atoms with Crippen molar-refractivity contribution in [1.82, 2.24) is 14.9 Å². The Bertz CT molecular complexity index is 1190. The number of hydrogen-bond acceptors (Lipinski definition) is 5. The predicted molar refractivity (Wildman–Crippen MR) is 134 cm³/mol. The maximum Gasteiger partial charge on any atom is 0.137 e. The minimum atomic E-state index is -0.0912. The summed E-state index contributed by atoms with van der Waals surface area (Å²) in [5.41, 5.74) is 6.02. The molecule has 1 aliphatic rings. The smallest absolute Gasteiger partial charge is 0.137 e. The van der Waals surface area contributed by atoms with Gasteiger partial charge in [0.05, 0.1) is 6.04 Å². The number of rotatable bonds is 6. The Balaban J connectivity index is 1.53. The van der Waals surface area contributed by atoms with Crippen LogP contribution in [0.4, 0.5) is 0 Å². The average Bonchev–Trinajstić information content (AvgIpc) is 3.34. The van der Waals surface area contributed by atoms with Crippen molar-refractivity contribution in [3.8, 4) is 21.7 Å². The molecule has 2 aromatic carbocycles. The van der Waals surface area contributed by atoms with Crippen molar-refractivity contribution in [3.63, 3.8) is 0 Å². The highest BCUT2D eigenvalue weighted by Gasteiger charge is 2.31. The van der Waals surface area contributed by atoms with Gasteiger partial charge in [0.25, 0.3) is 0 Å². The second-order valence-corrected chi connectivity index (χ2v) is 9.43. The third-order valence-corrected chi connectivity index (χ3v) is 7.32. The van der Waals surface area contributed by atoms with E-state index >= 15 is 0 Å². The Morgan fingerprint density at radius 1 is 0.939 bits per heavy atom. The van der Waals surface area contributed by atoms with Crippen molar-refractivity contribution < 1.29 is 4.79 Å². The second-order valence-electron chi connectivity index (χ2n) is 8.54. The van der Waals surface area contributed by atoms with Gasteiger partial charge >= 0.3 is 0 Å². The van der Waals surface area contributed by atoms with Crippen LogP contribution in [0.3, 0.4) is 0 Å². The van der Waals surface area contributed by atoms with Crippen molar-refractivity contribution in [2.24, 2.45) is 0 Å². The molecule has 4 aromatic rings. The monoisotopic (exact) mass is 453 g/mol. The Labute approximate surface area is 199 Å². The molecule has 1 fully saturated rings. The summed E-state index contributed by atoms with van der Waals surface area (Å²) >= 11 is 1.65. The molecule has 4 nitrogen and oxygen atoms in total. The summed E-state index contributed by atoms with van der Waals surface area (Å²) in [6.07, 6.45) is 10.8. The standard InChI is InChI=1S/C28H27N3OS/c32-20-24-8-1-4-11-27(26-10-3-2-9-25(26)22-12-14-29-15-13-22)31(24)19-21-6-5-7-23(18-21)28-30-16-17-33-28/h2-3,5-7,9-10,12-18,20,24,27H,1,4,8,11,19H2. The lowest BCUT2D eigenvalue weighted by atomic mass is 9.91. The molecule has 2 aromatic heterocycles. The molecule has 0 radical (unpaired) electrons. The fourth-order valence-corrected chi connectivity index (χ4v) is 5.56. The van der Waals surface area contributed by atoms with Crippen LogP contribution in [0.25, 0.3) is 21.7 Å². The van der Waals surface area contributed by atoms with Gasteiger partial charge in [0.2, 0.25) is 0 Å². The fraction of sp³-hybridized carbons (Fsp3) is 0.250. The first kappa shape index (κ1) is 21.7. The SMILES string of the molecule is O=CC1CCCCC(c2ccccc2-c2ccncc2)N1Cc1cccc(-c2nccs2)c1. The third kappa shape index (κ3) is 4.80. The molecule has 0 aliphatic carbocycles. The summed E-state index contributed by atoms with van der Waals surface area (Å²) in [5, 5.41) is 3.03. The van der Waals surface area contributed by atoms with Crippen LogP contribution in [0.15, 0.2) is 84.6 Å². The van der Waals surface area contributed by atoms with Gasteiger partial charge in [-0.25, -0.2) is 4.98 Å². The number of thiazole rings is 1. The number of nitrogens with zero attached hydrogens (tertiary/aromatic N) is 3. The highest BCUT2D eigenvalue weighted by molar-refractivity contribution is 7.13. The topological polar surface area (TPSA) is 46.1 Å². The molecule has 2 unspecified atom stereocenters. The first-order valence-corrected chi connectivity index (χ1v) is 12.4. The molecular formula is C28H27N3OS. The first-order valence-electron chi connectivity index (χ1n) is 11.5. The summed E-state index contributed by atoms with van der Waals surface area (Å²) in [5.74, 6) is 0. The fourth-order valence-electron chi connectivity index (χ4n) is 4.92. The van der Waals surface area contributed by atoms with E-state index in [4.69, 9.17) is 0 Å². The van der Waals surface area contributed by atoms with Crippen LogP contribution in [0.1, 0.15) is 42.9 Å². The molecule has 1 aliphatic heterocycles. The van der Waals surface area contributed by atoms with Gasteiger partial charge in [0.15, 0.2) is 0 Å². The number of pyridine rings is 1. The number of hydrogen-bond donors (Lipinski definition) is 0. The van der Waals surface area contributed by atoms with Crippen LogP contribution in [-0.2, 0) is 11.3 Å². The molecule has 0 spiro atoms. The van der Waals surface area contributed by atoms with Crippen LogP contribution in [0.5, 0.6) is 0 Å². The molecule has 3 heterocycles. The molecule has 33 heavy (non-hydrogen) atoms.